The minimum atomic E-state index is -3.79. The van der Waals surface area contributed by atoms with Gasteiger partial charge >= 0.3 is 5.97 Å². The molecule has 0 atom stereocenters. The quantitative estimate of drug-likeness (QED) is 0.879. The fraction of sp³-hybridized carbons (Fsp3) is 0.0667. The molecule has 0 unspecified atom stereocenters. The summed E-state index contributed by atoms with van der Waals surface area (Å²) in [6, 6.07) is 13.4. The molecule has 0 bridgehead atoms. The third kappa shape index (κ3) is 3.62. The number of benzene rings is 2. The molecular formula is C15H12N2O4S. The number of nitrogens with one attached hydrogen (secondary N) is 1. The zero-order valence-electron chi connectivity index (χ0n) is 11.4. The van der Waals surface area contributed by atoms with Crippen LogP contribution in [0, 0.1) is 11.3 Å². The highest BCUT2D eigenvalue weighted by atomic mass is 32.2. The number of nitriles is 1. The van der Waals surface area contributed by atoms with Gasteiger partial charge in [0, 0.05) is 5.69 Å². The van der Waals surface area contributed by atoms with Crippen LogP contribution in [0.5, 0.6) is 0 Å². The maximum atomic E-state index is 12.2. The molecule has 0 heterocycles. The first-order valence-corrected chi connectivity index (χ1v) is 7.73. The Labute approximate surface area is 127 Å². The molecule has 7 heteroatoms. The largest absolute Gasteiger partial charge is 0.478 e. The second kappa shape index (κ2) is 6.28. The van der Waals surface area contributed by atoms with Gasteiger partial charge in [0.05, 0.1) is 22.9 Å². The Kier molecular flexibility index (Phi) is 4.44. The number of hydrogen-bond acceptors (Lipinski definition) is 4. The highest BCUT2D eigenvalue weighted by Gasteiger charge is 2.15. The first-order chi connectivity index (χ1) is 10.4. The monoisotopic (exact) mass is 316 g/mol. The van der Waals surface area contributed by atoms with E-state index in [1.165, 1.54) is 24.3 Å². The van der Waals surface area contributed by atoms with Gasteiger partial charge in [0.25, 0.3) is 10.0 Å². The first kappa shape index (κ1) is 15.5. The van der Waals surface area contributed by atoms with E-state index in [1.54, 1.807) is 24.3 Å². The summed E-state index contributed by atoms with van der Waals surface area (Å²) in [5.41, 5.74) is 1.17. The molecule has 0 aromatic heterocycles. The van der Waals surface area contributed by atoms with Gasteiger partial charge in [-0.05, 0) is 42.0 Å². The van der Waals surface area contributed by atoms with E-state index in [2.05, 4.69) is 4.72 Å². The molecule has 0 aliphatic carbocycles. The number of nitrogens with zero attached hydrogens (tertiary/aromatic N) is 1. The fourth-order valence-electron chi connectivity index (χ4n) is 1.77. The average Bonchev–Trinajstić information content (AvgIpc) is 2.49. The lowest BCUT2D eigenvalue weighted by atomic mass is 10.1. The van der Waals surface area contributed by atoms with Crippen molar-refractivity contribution in [1.29, 1.82) is 5.26 Å². The van der Waals surface area contributed by atoms with Gasteiger partial charge in [0.15, 0.2) is 0 Å². The summed E-state index contributed by atoms with van der Waals surface area (Å²) in [6.07, 6.45) is 0.254. The Morgan fingerprint density at radius 1 is 1.09 bits per heavy atom. The van der Waals surface area contributed by atoms with Crippen molar-refractivity contribution in [2.45, 2.75) is 11.3 Å². The Morgan fingerprint density at radius 2 is 1.68 bits per heavy atom. The second-order valence-electron chi connectivity index (χ2n) is 4.47. The molecule has 0 aliphatic heterocycles. The topological polar surface area (TPSA) is 107 Å². The normalized spacial score (nSPS) is 10.7. The molecule has 0 amide bonds. The van der Waals surface area contributed by atoms with E-state index in [1.807, 2.05) is 6.07 Å². The van der Waals surface area contributed by atoms with E-state index < -0.39 is 16.0 Å². The van der Waals surface area contributed by atoms with Crippen molar-refractivity contribution in [3.63, 3.8) is 0 Å². The molecule has 2 N–H and O–H groups in total. The number of carbonyl (C=O) groups is 1. The van der Waals surface area contributed by atoms with Crippen molar-refractivity contribution in [2.24, 2.45) is 0 Å². The van der Waals surface area contributed by atoms with E-state index in [0.29, 0.717) is 5.69 Å². The van der Waals surface area contributed by atoms with Crippen LogP contribution in [0.1, 0.15) is 15.9 Å². The van der Waals surface area contributed by atoms with Crippen LogP contribution in [-0.2, 0) is 16.4 Å². The summed E-state index contributed by atoms with van der Waals surface area (Å²) in [5, 5.41) is 17.4. The molecule has 2 aromatic carbocycles. The average molecular weight is 316 g/mol. The number of rotatable bonds is 5. The molecule has 0 spiro atoms. The van der Waals surface area contributed by atoms with Crippen molar-refractivity contribution < 1.29 is 18.3 Å². The van der Waals surface area contributed by atoms with Gasteiger partial charge in [0.2, 0.25) is 0 Å². The predicted molar refractivity (Wildman–Crippen MR) is 80.0 cm³/mol. The van der Waals surface area contributed by atoms with Gasteiger partial charge in [-0.15, -0.1) is 0 Å². The van der Waals surface area contributed by atoms with Crippen molar-refractivity contribution in [3.8, 4) is 6.07 Å². The van der Waals surface area contributed by atoms with E-state index in [0.717, 1.165) is 5.56 Å². The lowest BCUT2D eigenvalue weighted by molar-refractivity contribution is 0.0696. The molecule has 0 aliphatic rings. The number of aromatic carboxylic acids is 1. The lowest BCUT2D eigenvalue weighted by Gasteiger charge is -2.08. The van der Waals surface area contributed by atoms with Gasteiger partial charge < -0.3 is 5.11 Å². The Hall–Kier alpha value is -2.85. The van der Waals surface area contributed by atoms with Crippen LogP contribution >= 0.6 is 0 Å². The number of hydrogen-bond donors (Lipinski definition) is 2. The molecular weight excluding hydrogens is 304 g/mol. The Morgan fingerprint density at radius 3 is 2.18 bits per heavy atom. The maximum absolute atomic E-state index is 12.2. The summed E-state index contributed by atoms with van der Waals surface area (Å²) < 4.78 is 26.8. The molecule has 22 heavy (non-hydrogen) atoms. The van der Waals surface area contributed by atoms with Crippen LogP contribution in [0.4, 0.5) is 5.69 Å². The minimum Gasteiger partial charge on any atom is -0.478 e. The van der Waals surface area contributed by atoms with E-state index in [4.69, 9.17) is 10.4 Å². The third-order valence-electron chi connectivity index (χ3n) is 2.90. The van der Waals surface area contributed by atoms with Crippen molar-refractivity contribution in [3.05, 3.63) is 59.7 Å². The van der Waals surface area contributed by atoms with Crippen molar-refractivity contribution in [2.75, 3.05) is 4.72 Å². The van der Waals surface area contributed by atoms with Crippen LogP contribution in [-0.4, -0.2) is 19.5 Å². The second-order valence-corrected chi connectivity index (χ2v) is 6.15. The summed E-state index contributed by atoms with van der Waals surface area (Å²) in [7, 11) is -3.79. The summed E-state index contributed by atoms with van der Waals surface area (Å²) in [4.78, 5) is 10.7. The van der Waals surface area contributed by atoms with Gasteiger partial charge in [-0.2, -0.15) is 5.26 Å². The minimum absolute atomic E-state index is 0.0137. The van der Waals surface area contributed by atoms with Crippen LogP contribution < -0.4 is 4.72 Å². The zero-order chi connectivity index (χ0) is 16.2. The van der Waals surface area contributed by atoms with Gasteiger partial charge in [-0.3, -0.25) is 4.72 Å². The van der Waals surface area contributed by atoms with E-state index in [9.17, 15) is 13.2 Å². The maximum Gasteiger partial charge on any atom is 0.335 e. The summed E-state index contributed by atoms with van der Waals surface area (Å²) in [5.74, 6) is -1.12. The lowest BCUT2D eigenvalue weighted by Crippen LogP contribution is -2.13. The molecule has 112 valence electrons. The highest BCUT2D eigenvalue weighted by Crippen LogP contribution is 2.17. The SMILES string of the molecule is N#CCc1ccc(NS(=O)(=O)c2ccc(C(=O)O)cc2)cc1. The number of carboxylic acids is 1. The molecule has 6 nitrogen and oxygen atoms in total. The standard InChI is InChI=1S/C15H12N2O4S/c16-10-9-11-1-5-13(6-2-11)17-22(20,21)14-7-3-12(4-8-14)15(18)19/h1-8,17H,9H2,(H,18,19). The van der Waals surface area contributed by atoms with Gasteiger partial charge in [-0.25, -0.2) is 13.2 Å². The van der Waals surface area contributed by atoms with Crippen LogP contribution in [0.2, 0.25) is 0 Å². The van der Waals surface area contributed by atoms with Crippen molar-refractivity contribution in [1.82, 2.24) is 0 Å². The number of sulfonamides is 1. The first-order valence-electron chi connectivity index (χ1n) is 6.24. The van der Waals surface area contributed by atoms with Crippen LogP contribution in [0.15, 0.2) is 53.4 Å². The highest BCUT2D eigenvalue weighted by molar-refractivity contribution is 7.92. The van der Waals surface area contributed by atoms with E-state index in [-0.39, 0.29) is 16.9 Å². The van der Waals surface area contributed by atoms with Gasteiger partial charge in [0.1, 0.15) is 0 Å². The molecule has 0 saturated heterocycles. The molecule has 0 fully saturated rings. The zero-order valence-corrected chi connectivity index (χ0v) is 12.2. The molecule has 2 aromatic rings. The van der Waals surface area contributed by atoms with E-state index >= 15 is 0 Å². The summed E-state index contributed by atoms with van der Waals surface area (Å²) in [6.45, 7) is 0. The summed E-state index contributed by atoms with van der Waals surface area (Å²) >= 11 is 0. The Balaban J connectivity index is 2.20. The molecule has 2 rings (SSSR count). The fourth-order valence-corrected chi connectivity index (χ4v) is 2.83. The molecule has 0 radical (unpaired) electrons. The third-order valence-corrected chi connectivity index (χ3v) is 4.30. The van der Waals surface area contributed by atoms with Crippen LogP contribution in [0.25, 0.3) is 0 Å². The molecule has 0 saturated carbocycles. The Bertz CT molecular complexity index is 819. The van der Waals surface area contributed by atoms with Gasteiger partial charge in [-0.1, -0.05) is 12.1 Å². The predicted octanol–water partition coefficient (Wildman–Crippen LogP) is 2.25. The number of carboxylic acid groups (broad SMARTS) is 1. The smallest absolute Gasteiger partial charge is 0.335 e. The number of anilines is 1. The van der Waals surface area contributed by atoms with Crippen molar-refractivity contribution >= 4 is 21.7 Å². The van der Waals surface area contributed by atoms with Crippen LogP contribution in [0.3, 0.4) is 0 Å².